The van der Waals surface area contributed by atoms with Crippen molar-refractivity contribution in [1.82, 2.24) is 30.3 Å². The van der Waals surface area contributed by atoms with E-state index in [2.05, 4.69) is 44.4 Å². The van der Waals surface area contributed by atoms with Crippen LogP contribution in [0.2, 0.25) is 0 Å². The van der Waals surface area contributed by atoms with Crippen LogP contribution in [0.5, 0.6) is 0 Å². The molecule has 0 bridgehead atoms. The molecule has 10 heteroatoms. The second-order valence-electron chi connectivity index (χ2n) is 9.91. The summed E-state index contributed by atoms with van der Waals surface area (Å²) >= 11 is 0. The van der Waals surface area contributed by atoms with E-state index in [1.165, 1.54) is 10.5 Å². The van der Waals surface area contributed by atoms with Gasteiger partial charge in [0.1, 0.15) is 6.61 Å². The van der Waals surface area contributed by atoms with Gasteiger partial charge in [0.15, 0.2) is 0 Å². The summed E-state index contributed by atoms with van der Waals surface area (Å²) in [7, 11) is 3.46. The number of likely N-dealkylation sites (N-methyl/N-ethyl adjacent to an activating group) is 1. The number of amides is 2. The van der Waals surface area contributed by atoms with Gasteiger partial charge in [-0.25, -0.2) is 4.98 Å². The van der Waals surface area contributed by atoms with Gasteiger partial charge in [0.25, 0.3) is 0 Å². The molecule has 194 valence electrons. The quantitative estimate of drug-likeness (QED) is 0.588. The molecule has 0 unspecified atom stereocenters. The topological polar surface area (TPSA) is 104 Å². The Hall–Kier alpha value is -3.11. The molecule has 36 heavy (non-hydrogen) atoms. The van der Waals surface area contributed by atoms with Gasteiger partial charge in [-0.15, -0.1) is 5.10 Å². The number of anilines is 1. The standard InChI is InChI=1S/C26H37N7O3/c1-19-4-6-20(7-5-19)23-16-27-30-26(29-23)33-14-12-32(13-15-33)17-24(34)28-21-8-10-22(11-9-21)36-18-25(35)31(2)3/h4-7,16,21-22H,8-15,17-18H2,1-3H3,(H,28,34)/t21-,22-. The van der Waals surface area contributed by atoms with E-state index in [-0.39, 0.29) is 30.6 Å². The molecular weight excluding hydrogens is 458 g/mol. The summed E-state index contributed by atoms with van der Waals surface area (Å²) in [5.74, 6) is 0.672. The average Bonchev–Trinajstić information content (AvgIpc) is 2.89. The Morgan fingerprint density at radius 2 is 1.75 bits per heavy atom. The molecule has 0 spiro atoms. The lowest BCUT2D eigenvalue weighted by Gasteiger charge is -2.35. The molecule has 1 aliphatic heterocycles. The van der Waals surface area contributed by atoms with E-state index in [1.807, 2.05) is 12.1 Å². The molecule has 10 nitrogen and oxygen atoms in total. The maximum Gasteiger partial charge on any atom is 0.248 e. The van der Waals surface area contributed by atoms with Crippen LogP contribution in [0.25, 0.3) is 11.3 Å². The summed E-state index contributed by atoms with van der Waals surface area (Å²) in [4.78, 5) is 34.9. The van der Waals surface area contributed by atoms with E-state index in [0.717, 1.165) is 63.1 Å². The van der Waals surface area contributed by atoms with Crippen LogP contribution in [0, 0.1) is 6.92 Å². The van der Waals surface area contributed by atoms with E-state index in [0.29, 0.717) is 12.5 Å². The minimum atomic E-state index is -0.0210. The van der Waals surface area contributed by atoms with E-state index < -0.39 is 0 Å². The molecule has 2 heterocycles. The third-order valence-corrected chi connectivity index (χ3v) is 6.90. The van der Waals surface area contributed by atoms with Crippen molar-refractivity contribution in [3.63, 3.8) is 0 Å². The first kappa shape index (κ1) is 26.0. The van der Waals surface area contributed by atoms with Crippen LogP contribution in [0.1, 0.15) is 31.2 Å². The third kappa shape index (κ3) is 7.20. The zero-order valence-electron chi connectivity index (χ0n) is 21.5. The molecule has 1 N–H and O–H groups in total. The zero-order chi connectivity index (χ0) is 25.5. The molecule has 0 radical (unpaired) electrons. The number of hydrogen-bond donors (Lipinski definition) is 1. The lowest BCUT2D eigenvalue weighted by Crippen LogP contribution is -2.51. The molecule has 1 aromatic heterocycles. The van der Waals surface area contributed by atoms with E-state index in [9.17, 15) is 9.59 Å². The van der Waals surface area contributed by atoms with Gasteiger partial charge < -0.3 is 19.9 Å². The van der Waals surface area contributed by atoms with E-state index >= 15 is 0 Å². The summed E-state index contributed by atoms with van der Waals surface area (Å²) in [5.41, 5.74) is 3.04. The maximum absolute atomic E-state index is 12.6. The summed E-state index contributed by atoms with van der Waals surface area (Å²) in [5, 5.41) is 11.6. The molecule has 2 amide bonds. The predicted molar refractivity (Wildman–Crippen MR) is 137 cm³/mol. The van der Waals surface area contributed by atoms with Gasteiger partial charge >= 0.3 is 0 Å². The SMILES string of the molecule is Cc1ccc(-c2cnnc(N3CCN(CC(=O)N[C@H]4CC[C@H](OCC(=O)N(C)C)CC4)CC3)n2)cc1. The summed E-state index contributed by atoms with van der Waals surface area (Å²) in [6.45, 7) is 5.62. The highest BCUT2D eigenvalue weighted by Gasteiger charge is 2.26. The minimum Gasteiger partial charge on any atom is -0.368 e. The number of piperazine rings is 1. The summed E-state index contributed by atoms with van der Waals surface area (Å²) in [6.07, 6.45) is 5.26. The average molecular weight is 496 g/mol. The van der Waals surface area contributed by atoms with Crippen molar-refractivity contribution in [3.8, 4) is 11.3 Å². The first-order valence-electron chi connectivity index (χ1n) is 12.7. The number of ether oxygens (including phenoxy) is 1. The lowest BCUT2D eigenvalue weighted by atomic mass is 9.93. The molecule has 2 aromatic rings. The second-order valence-corrected chi connectivity index (χ2v) is 9.91. The number of rotatable bonds is 8. The second kappa shape index (κ2) is 12.2. The number of nitrogens with one attached hydrogen (secondary N) is 1. The Kier molecular flexibility index (Phi) is 8.82. The minimum absolute atomic E-state index is 0.0210. The van der Waals surface area contributed by atoms with Gasteiger partial charge in [-0.05, 0) is 32.6 Å². The Morgan fingerprint density at radius 3 is 2.42 bits per heavy atom. The number of aromatic nitrogens is 3. The number of nitrogens with zero attached hydrogens (tertiary/aromatic N) is 6. The number of benzene rings is 1. The van der Waals surface area contributed by atoms with Crippen molar-refractivity contribution >= 4 is 17.8 Å². The Bertz CT molecular complexity index is 1010. The number of carbonyl (C=O) groups excluding carboxylic acids is 2. The van der Waals surface area contributed by atoms with Crippen LogP contribution in [-0.2, 0) is 14.3 Å². The number of carbonyl (C=O) groups is 2. The molecule has 2 fully saturated rings. The maximum atomic E-state index is 12.6. The van der Waals surface area contributed by atoms with Crippen LogP contribution in [0.4, 0.5) is 5.95 Å². The van der Waals surface area contributed by atoms with Crippen molar-refractivity contribution in [2.24, 2.45) is 0 Å². The lowest BCUT2D eigenvalue weighted by molar-refractivity contribution is -0.136. The zero-order valence-corrected chi connectivity index (χ0v) is 21.5. The molecule has 1 saturated carbocycles. The monoisotopic (exact) mass is 495 g/mol. The van der Waals surface area contributed by atoms with Crippen molar-refractivity contribution in [2.75, 3.05) is 58.3 Å². The van der Waals surface area contributed by atoms with E-state index in [4.69, 9.17) is 9.72 Å². The third-order valence-electron chi connectivity index (χ3n) is 6.90. The fourth-order valence-corrected chi connectivity index (χ4v) is 4.57. The van der Waals surface area contributed by atoms with Gasteiger partial charge in [-0.1, -0.05) is 29.8 Å². The van der Waals surface area contributed by atoms with E-state index in [1.54, 1.807) is 20.3 Å². The molecule has 4 rings (SSSR count). The fraction of sp³-hybridized carbons (Fsp3) is 0.577. The molecular formula is C26H37N7O3. The van der Waals surface area contributed by atoms with Crippen molar-refractivity contribution in [3.05, 3.63) is 36.0 Å². The van der Waals surface area contributed by atoms with Gasteiger partial charge in [0.05, 0.1) is 24.5 Å². The highest BCUT2D eigenvalue weighted by molar-refractivity contribution is 5.78. The summed E-state index contributed by atoms with van der Waals surface area (Å²) in [6, 6.07) is 8.40. The number of hydrogen-bond acceptors (Lipinski definition) is 8. The first-order chi connectivity index (χ1) is 17.4. The largest absolute Gasteiger partial charge is 0.368 e. The molecule has 1 aromatic carbocycles. The van der Waals surface area contributed by atoms with Crippen molar-refractivity contribution in [2.45, 2.75) is 44.8 Å². The highest BCUT2D eigenvalue weighted by Crippen LogP contribution is 2.22. The molecule has 2 aliphatic rings. The van der Waals surface area contributed by atoms with Crippen LogP contribution >= 0.6 is 0 Å². The van der Waals surface area contributed by atoms with Crippen molar-refractivity contribution < 1.29 is 14.3 Å². The van der Waals surface area contributed by atoms with Gasteiger partial charge in [-0.2, -0.15) is 5.10 Å². The van der Waals surface area contributed by atoms with Crippen LogP contribution < -0.4 is 10.2 Å². The Labute approximate surface area is 213 Å². The van der Waals surface area contributed by atoms with Crippen LogP contribution in [-0.4, -0.2) is 102 Å². The molecule has 1 saturated heterocycles. The molecule has 1 aliphatic carbocycles. The van der Waals surface area contributed by atoms with Crippen LogP contribution in [0.3, 0.4) is 0 Å². The molecule has 0 atom stereocenters. The van der Waals surface area contributed by atoms with Gasteiger partial charge in [0.2, 0.25) is 17.8 Å². The van der Waals surface area contributed by atoms with Gasteiger partial charge in [-0.3, -0.25) is 14.5 Å². The van der Waals surface area contributed by atoms with Crippen LogP contribution in [0.15, 0.2) is 30.5 Å². The summed E-state index contributed by atoms with van der Waals surface area (Å²) < 4.78 is 5.73. The Balaban J connectivity index is 1.18. The first-order valence-corrected chi connectivity index (χ1v) is 12.7. The smallest absolute Gasteiger partial charge is 0.248 e. The highest BCUT2D eigenvalue weighted by atomic mass is 16.5. The normalized spacial score (nSPS) is 20.7. The predicted octanol–water partition coefficient (Wildman–Crippen LogP) is 1.50. The van der Waals surface area contributed by atoms with Crippen molar-refractivity contribution in [1.29, 1.82) is 0 Å². The van der Waals surface area contributed by atoms with Gasteiger partial charge in [0, 0.05) is 51.9 Å². The fourth-order valence-electron chi connectivity index (χ4n) is 4.57. The number of aryl methyl sites for hydroxylation is 1. The Morgan fingerprint density at radius 1 is 1.06 bits per heavy atom.